The van der Waals surface area contributed by atoms with Gasteiger partial charge >= 0.3 is 0 Å². The number of hydrogen-bond donors (Lipinski definition) is 1. The van der Waals surface area contributed by atoms with Crippen LogP contribution in [0.3, 0.4) is 0 Å². The molecule has 1 saturated carbocycles. The van der Waals surface area contributed by atoms with Crippen molar-refractivity contribution in [3.63, 3.8) is 0 Å². The van der Waals surface area contributed by atoms with Crippen LogP contribution in [0.5, 0.6) is 0 Å². The Morgan fingerprint density at radius 2 is 2.12 bits per heavy atom. The van der Waals surface area contributed by atoms with Crippen molar-refractivity contribution in [2.45, 2.75) is 44.2 Å². The molecule has 0 radical (unpaired) electrons. The fourth-order valence-electron chi connectivity index (χ4n) is 2.98. The summed E-state index contributed by atoms with van der Waals surface area (Å²) < 4.78 is 0. The predicted molar refractivity (Wildman–Crippen MR) is 70.0 cm³/mol. The van der Waals surface area contributed by atoms with E-state index in [1.54, 1.807) is 11.3 Å². The zero-order chi connectivity index (χ0) is 10.3. The monoisotopic (exact) mass is 259 g/mol. The van der Waals surface area contributed by atoms with Crippen molar-refractivity contribution in [3.8, 4) is 0 Å². The first-order valence-electron chi connectivity index (χ1n) is 5.74. The molecule has 2 aliphatic rings. The van der Waals surface area contributed by atoms with Gasteiger partial charge in [0.1, 0.15) is 0 Å². The molecule has 90 valence electrons. The molecule has 0 aromatic carbocycles. The fourth-order valence-corrected chi connectivity index (χ4v) is 3.68. The molecule has 3 nitrogen and oxygen atoms in total. The lowest BCUT2D eigenvalue weighted by atomic mass is 9.75. The van der Waals surface area contributed by atoms with Crippen LogP contribution in [0.15, 0.2) is 6.20 Å². The van der Waals surface area contributed by atoms with Crippen molar-refractivity contribution < 1.29 is 0 Å². The van der Waals surface area contributed by atoms with Gasteiger partial charge in [0.05, 0.1) is 0 Å². The lowest BCUT2D eigenvalue weighted by molar-refractivity contribution is 0.0503. The van der Waals surface area contributed by atoms with Crippen LogP contribution in [0.2, 0.25) is 0 Å². The average Bonchev–Trinajstić information content (AvgIpc) is 2.72. The Kier molecular flexibility index (Phi) is 3.42. The molecule has 1 spiro atoms. The quantitative estimate of drug-likeness (QED) is 0.888. The number of nitrogens with zero attached hydrogens (tertiary/aromatic N) is 2. The molecule has 5 heteroatoms. The predicted octanol–water partition coefficient (Wildman–Crippen LogP) is 2.67. The van der Waals surface area contributed by atoms with Crippen molar-refractivity contribution in [2.75, 3.05) is 12.3 Å². The summed E-state index contributed by atoms with van der Waals surface area (Å²) in [7, 11) is 0. The molecule has 0 unspecified atom stereocenters. The second kappa shape index (κ2) is 4.51. The second-order valence-electron chi connectivity index (χ2n) is 4.77. The molecule has 1 aliphatic carbocycles. The number of likely N-dealkylation sites (tertiary alicyclic amines) is 1. The van der Waals surface area contributed by atoms with Gasteiger partial charge < -0.3 is 5.73 Å². The van der Waals surface area contributed by atoms with E-state index in [-0.39, 0.29) is 12.4 Å². The summed E-state index contributed by atoms with van der Waals surface area (Å²) in [6.07, 6.45) is 8.93. The van der Waals surface area contributed by atoms with E-state index >= 15 is 0 Å². The molecule has 0 bridgehead atoms. The summed E-state index contributed by atoms with van der Waals surface area (Å²) in [4.78, 5) is 8.10. The molecule has 1 aromatic heterocycles. The van der Waals surface area contributed by atoms with Crippen molar-refractivity contribution in [2.24, 2.45) is 0 Å². The van der Waals surface area contributed by atoms with Crippen LogP contribution in [-0.2, 0) is 6.54 Å². The van der Waals surface area contributed by atoms with Crippen LogP contribution in [0.1, 0.15) is 37.0 Å². The first-order valence-corrected chi connectivity index (χ1v) is 6.55. The molecule has 2 N–H and O–H groups in total. The van der Waals surface area contributed by atoms with Crippen LogP contribution in [0.4, 0.5) is 5.13 Å². The molecule has 3 rings (SSSR count). The van der Waals surface area contributed by atoms with E-state index in [1.165, 1.54) is 43.5 Å². The molecule has 2 heterocycles. The van der Waals surface area contributed by atoms with Gasteiger partial charge in [0.15, 0.2) is 5.13 Å². The van der Waals surface area contributed by atoms with Gasteiger partial charge in [-0.3, -0.25) is 4.90 Å². The van der Waals surface area contributed by atoms with E-state index in [9.17, 15) is 0 Å². The highest BCUT2D eigenvalue weighted by Gasteiger charge is 2.45. The molecule has 1 saturated heterocycles. The maximum absolute atomic E-state index is 5.66. The lowest BCUT2D eigenvalue weighted by Gasteiger charge is -2.45. The van der Waals surface area contributed by atoms with Gasteiger partial charge in [0.2, 0.25) is 0 Å². The zero-order valence-corrected chi connectivity index (χ0v) is 10.9. The van der Waals surface area contributed by atoms with Crippen LogP contribution in [0.25, 0.3) is 0 Å². The molecule has 0 amide bonds. The summed E-state index contributed by atoms with van der Waals surface area (Å²) >= 11 is 1.63. The molecule has 16 heavy (non-hydrogen) atoms. The molecular weight excluding hydrogens is 242 g/mol. The minimum Gasteiger partial charge on any atom is -0.375 e. The summed E-state index contributed by atoms with van der Waals surface area (Å²) in [5.41, 5.74) is 6.22. The van der Waals surface area contributed by atoms with Gasteiger partial charge in [0.25, 0.3) is 0 Å². The van der Waals surface area contributed by atoms with E-state index < -0.39 is 0 Å². The van der Waals surface area contributed by atoms with Gasteiger partial charge in [-0.15, -0.1) is 23.7 Å². The van der Waals surface area contributed by atoms with E-state index in [0.29, 0.717) is 10.7 Å². The summed E-state index contributed by atoms with van der Waals surface area (Å²) in [6, 6.07) is 0. The molecule has 1 aliphatic heterocycles. The maximum Gasteiger partial charge on any atom is 0.180 e. The zero-order valence-electron chi connectivity index (χ0n) is 9.32. The molecule has 1 aromatic rings. The Hall–Kier alpha value is -0.320. The largest absolute Gasteiger partial charge is 0.375 e. The molecular formula is C11H18ClN3S. The van der Waals surface area contributed by atoms with Gasteiger partial charge in [-0.05, 0) is 38.6 Å². The number of nitrogens with two attached hydrogens (primary N) is 1. The van der Waals surface area contributed by atoms with Crippen LogP contribution in [0, 0.1) is 0 Å². The van der Waals surface area contributed by atoms with E-state index in [4.69, 9.17) is 5.73 Å². The van der Waals surface area contributed by atoms with Crippen molar-refractivity contribution in [3.05, 3.63) is 11.1 Å². The third kappa shape index (κ3) is 1.94. The average molecular weight is 260 g/mol. The van der Waals surface area contributed by atoms with Crippen molar-refractivity contribution in [1.29, 1.82) is 0 Å². The smallest absolute Gasteiger partial charge is 0.180 e. The number of thiazole rings is 1. The van der Waals surface area contributed by atoms with Crippen LogP contribution < -0.4 is 5.73 Å². The maximum atomic E-state index is 5.66. The number of nitrogen functional groups attached to an aromatic ring is 1. The Bertz CT molecular complexity index is 362. The number of hydrogen-bond acceptors (Lipinski definition) is 4. The van der Waals surface area contributed by atoms with E-state index in [1.807, 2.05) is 6.20 Å². The van der Waals surface area contributed by atoms with Gasteiger partial charge in [-0.25, -0.2) is 4.98 Å². The van der Waals surface area contributed by atoms with E-state index in [0.717, 1.165) is 6.54 Å². The topological polar surface area (TPSA) is 42.1 Å². The summed E-state index contributed by atoms with van der Waals surface area (Å²) in [5, 5.41) is 0.701. The third-order valence-electron chi connectivity index (χ3n) is 3.94. The summed E-state index contributed by atoms with van der Waals surface area (Å²) in [6.45, 7) is 2.33. The number of aromatic nitrogens is 1. The van der Waals surface area contributed by atoms with Crippen molar-refractivity contribution in [1.82, 2.24) is 9.88 Å². The highest BCUT2D eigenvalue weighted by molar-refractivity contribution is 7.15. The second-order valence-corrected chi connectivity index (χ2v) is 5.91. The Morgan fingerprint density at radius 1 is 1.38 bits per heavy atom. The number of anilines is 1. The first kappa shape index (κ1) is 12.1. The van der Waals surface area contributed by atoms with Crippen LogP contribution >= 0.6 is 23.7 Å². The van der Waals surface area contributed by atoms with Crippen molar-refractivity contribution >= 4 is 28.9 Å². The lowest BCUT2D eigenvalue weighted by Crippen LogP contribution is -2.48. The number of halogens is 1. The third-order valence-corrected chi connectivity index (χ3v) is 4.75. The normalized spacial score (nSPS) is 23.0. The summed E-state index contributed by atoms with van der Waals surface area (Å²) in [5.74, 6) is 0. The van der Waals surface area contributed by atoms with E-state index in [2.05, 4.69) is 9.88 Å². The molecule has 2 fully saturated rings. The van der Waals surface area contributed by atoms with Gasteiger partial charge in [0, 0.05) is 23.2 Å². The van der Waals surface area contributed by atoms with Gasteiger partial charge in [-0.1, -0.05) is 0 Å². The minimum absolute atomic E-state index is 0. The Morgan fingerprint density at radius 3 is 2.69 bits per heavy atom. The minimum atomic E-state index is 0. The Labute approximate surface area is 106 Å². The SMILES string of the molecule is Cl.Nc1ncc(CN2CCCC23CCC3)s1. The van der Waals surface area contributed by atoms with Crippen LogP contribution in [-0.4, -0.2) is 22.0 Å². The standard InChI is InChI=1S/C11H17N3S.ClH/c12-10-13-7-9(15-10)8-14-6-2-5-11(14)3-1-4-11;/h7H,1-6,8H2,(H2,12,13);1H. The Balaban J connectivity index is 0.000000963. The fraction of sp³-hybridized carbons (Fsp3) is 0.727. The molecule has 0 atom stereocenters. The highest BCUT2D eigenvalue weighted by atomic mass is 35.5. The van der Waals surface area contributed by atoms with Gasteiger partial charge in [-0.2, -0.15) is 0 Å². The first-order chi connectivity index (χ1) is 7.28. The highest BCUT2D eigenvalue weighted by Crippen LogP contribution is 2.46. The number of rotatable bonds is 2.